The molecule has 9 heteroatoms. The van der Waals surface area contributed by atoms with Gasteiger partial charge in [0.25, 0.3) is 5.91 Å². The van der Waals surface area contributed by atoms with E-state index >= 15 is 4.39 Å². The van der Waals surface area contributed by atoms with E-state index in [-0.39, 0.29) is 35.2 Å². The summed E-state index contributed by atoms with van der Waals surface area (Å²) in [5, 5.41) is 4.74. The molecule has 6 rings (SSSR count). The Kier molecular flexibility index (Phi) is 6.21. The number of nitrogens with zero attached hydrogens (tertiary/aromatic N) is 4. The molecule has 1 amide bonds. The predicted octanol–water partition coefficient (Wildman–Crippen LogP) is 4.50. The maximum Gasteiger partial charge on any atom is 0.309 e. The number of carbonyl (C=O) groups is 2. The SMILES string of the molecule is COC(=O)[C@@H]1CC1c1ccc(-c2cc3nc(C(=O)N4CCCCC[C@H]4C)cc(C4(C)COC4)n3n2)c(F)c1. The van der Waals surface area contributed by atoms with Crippen molar-refractivity contribution in [3.8, 4) is 11.3 Å². The van der Waals surface area contributed by atoms with Gasteiger partial charge in [0.1, 0.15) is 11.5 Å². The molecule has 0 radical (unpaired) electrons. The Hall–Kier alpha value is -3.33. The van der Waals surface area contributed by atoms with Crippen molar-refractivity contribution in [1.29, 1.82) is 0 Å². The van der Waals surface area contributed by atoms with Gasteiger partial charge in [-0.2, -0.15) is 5.10 Å². The van der Waals surface area contributed by atoms with Crippen LogP contribution in [0.1, 0.15) is 73.6 Å². The minimum Gasteiger partial charge on any atom is -0.469 e. The van der Waals surface area contributed by atoms with Crippen molar-refractivity contribution in [2.75, 3.05) is 26.9 Å². The Bertz CT molecular complexity index is 1420. The van der Waals surface area contributed by atoms with Crippen LogP contribution >= 0.6 is 0 Å². The van der Waals surface area contributed by atoms with Gasteiger partial charge in [0.05, 0.1) is 43.0 Å². The molecule has 3 aromatic rings. The Morgan fingerprint density at radius 1 is 1.16 bits per heavy atom. The van der Waals surface area contributed by atoms with E-state index in [1.165, 1.54) is 13.2 Å². The summed E-state index contributed by atoms with van der Waals surface area (Å²) in [7, 11) is 1.37. The highest BCUT2D eigenvalue weighted by atomic mass is 19.1. The molecule has 1 aliphatic carbocycles. The van der Waals surface area contributed by atoms with Crippen LogP contribution < -0.4 is 0 Å². The molecule has 4 heterocycles. The van der Waals surface area contributed by atoms with E-state index in [0.717, 1.165) is 43.5 Å². The first-order chi connectivity index (χ1) is 18.3. The molecule has 2 saturated heterocycles. The van der Waals surface area contributed by atoms with Crippen LogP contribution in [0, 0.1) is 11.7 Å². The van der Waals surface area contributed by atoms with Gasteiger partial charge in [0.2, 0.25) is 0 Å². The number of ether oxygens (including phenoxy) is 2. The summed E-state index contributed by atoms with van der Waals surface area (Å²) in [6.45, 7) is 5.94. The Morgan fingerprint density at radius 3 is 2.68 bits per heavy atom. The average Bonchev–Trinajstić information content (AvgIpc) is 3.63. The van der Waals surface area contributed by atoms with Crippen LogP contribution in [-0.4, -0.2) is 64.3 Å². The topological polar surface area (TPSA) is 86.0 Å². The molecular weight excluding hydrogens is 487 g/mol. The number of hydrogen-bond donors (Lipinski definition) is 0. The molecule has 38 heavy (non-hydrogen) atoms. The smallest absolute Gasteiger partial charge is 0.309 e. The molecule has 200 valence electrons. The molecule has 1 unspecified atom stereocenters. The molecule has 0 spiro atoms. The molecule has 2 aliphatic heterocycles. The molecule has 1 saturated carbocycles. The summed E-state index contributed by atoms with van der Waals surface area (Å²) in [6, 6.07) is 8.78. The monoisotopic (exact) mass is 520 g/mol. The summed E-state index contributed by atoms with van der Waals surface area (Å²) in [6.07, 6.45) is 4.89. The van der Waals surface area contributed by atoms with Gasteiger partial charge in [0, 0.05) is 24.2 Å². The van der Waals surface area contributed by atoms with E-state index in [1.807, 2.05) is 17.0 Å². The second-order valence-electron chi connectivity index (χ2n) is 11.3. The Balaban J connectivity index is 1.37. The number of aromatic nitrogens is 3. The zero-order valence-corrected chi connectivity index (χ0v) is 22.1. The summed E-state index contributed by atoms with van der Waals surface area (Å²) in [5.74, 6) is -0.966. The molecule has 0 N–H and O–H groups in total. The van der Waals surface area contributed by atoms with Crippen LogP contribution in [0.25, 0.3) is 16.9 Å². The minimum absolute atomic E-state index is 0.0196. The standard InChI is InChI=1S/C29H33FN4O4/c1-17-7-5-4-6-10-33(17)27(35)24-13-25(29(2)15-38-16-29)34-26(31-24)14-23(32-34)19-9-8-18(11-22(19)30)20-12-21(20)28(36)37-3/h8-9,11,13-14,17,20-21H,4-7,10,12,15-16H2,1-3H3/t17-,20?,21-/m1/s1. The summed E-state index contributed by atoms with van der Waals surface area (Å²) in [5.41, 5.74) is 2.99. The fraction of sp³-hybridized carbons (Fsp3) is 0.517. The molecular formula is C29H33FN4O4. The van der Waals surface area contributed by atoms with Gasteiger partial charge >= 0.3 is 5.97 Å². The van der Waals surface area contributed by atoms with Crippen LogP contribution in [0.3, 0.4) is 0 Å². The van der Waals surface area contributed by atoms with Crippen molar-refractivity contribution in [2.45, 2.75) is 63.3 Å². The number of hydrogen-bond acceptors (Lipinski definition) is 6. The van der Waals surface area contributed by atoms with Crippen molar-refractivity contribution in [3.63, 3.8) is 0 Å². The van der Waals surface area contributed by atoms with Crippen LogP contribution in [0.15, 0.2) is 30.3 Å². The second-order valence-corrected chi connectivity index (χ2v) is 11.3. The largest absolute Gasteiger partial charge is 0.469 e. The summed E-state index contributed by atoms with van der Waals surface area (Å²) < 4.78 is 27.4. The minimum atomic E-state index is -0.407. The van der Waals surface area contributed by atoms with Gasteiger partial charge in [0.15, 0.2) is 5.65 Å². The van der Waals surface area contributed by atoms with E-state index in [9.17, 15) is 9.59 Å². The third-order valence-corrected chi connectivity index (χ3v) is 8.41. The number of rotatable bonds is 5. The highest BCUT2D eigenvalue weighted by Crippen LogP contribution is 2.48. The van der Waals surface area contributed by atoms with Gasteiger partial charge in [-0.3, -0.25) is 9.59 Å². The maximum absolute atomic E-state index is 15.3. The van der Waals surface area contributed by atoms with Gasteiger partial charge in [-0.1, -0.05) is 18.9 Å². The van der Waals surface area contributed by atoms with Crippen molar-refractivity contribution in [1.82, 2.24) is 19.5 Å². The predicted molar refractivity (Wildman–Crippen MR) is 138 cm³/mol. The number of benzene rings is 1. The molecule has 3 fully saturated rings. The lowest BCUT2D eigenvalue weighted by atomic mass is 9.84. The van der Waals surface area contributed by atoms with Gasteiger partial charge < -0.3 is 14.4 Å². The number of halogens is 1. The van der Waals surface area contributed by atoms with Crippen molar-refractivity contribution >= 4 is 17.5 Å². The molecule has 1 aromatic carbocycles. The molecule has 2 aromatic heterocycles. The Labute approximate surface area is 221 Å². The number of esters is 1. The lowest BCUT2D eigenvalue weighted by Crippen LogP contribution is -2.46. The van der Waals surface area contributed by atoms with Gasteiger partial charge in [-0.15, -0.1) is 0 Å². The first kappa shape index (κ1) is 25.0. The summed E-state index contributed by atoms with van der Waals surface area (Å²) >= 11 is 0. The van der Waals surface area contributed by atoms with E-state index in [0.29, 0.717) is 42.2 Å². The van der Waals surface area contributed by atoms with Gasteiger partial charge in [-0.25, -0.2) is 13.9 Å². The first-order valence-corrected chi connectivity index (χ1v) is 13.5. The quantitative estimate of drug-likeness (QED) is 0.461. The number of fused-ring (bicyclic) bond motifs is 1. The molecule has 8 nitrogen and oxygen atoms in total. The van der Waals surface area contributed by atoms with Crippen LogP contribution in [-0.2, 0) is 19.7 Å². The molecule has 3 atom stereocenters. The van der Waals surface area contributed by atoms with Crippen molar-refractivity contribution in [3.05, 3.63) is 53.1 Å². The van der Waals surface area contributed by atoms with Crippen molar-refractivity contribution < 1.29 is 23.5 Å². The number of likely N-dealkylation sites (tertiary alicyclic amines) is 1. The highest BCUT2D eigenvalue weighted by molar-refractivity contribution is 5.93. The van der Waals surface area contributed by atoms with E-state index in [4.69, 9.17) is 19.6 Å². The Morgan fingerprint density at radius 2 is 1.97 bits per heavy atom. The fourth-order valence-electron chi connectivity index (χ4n) is 5.87. The van der Waals surface area contributed by atoms with E-state index in [2.05, 4.69) is 13.8 Å². The van der Waals surface area contributed by atoms with Gasteiger partial charge in [-0.05, 0) is 62.8 Å². The third kappa shape index (κ3) is 4.26. The lowest BCUT2D eigenvalue weighted by Gasteiger charge is -2.38. The normalized spacial score (nSPS) is 24.5. The highest BCUT2D eigenvalue weighted by Gasteiger charge is 2.45. The van der Waals surface area contributed by atoms with Crippen LogP contribution in [0.2, 0.25) is 0 Å². The van der Waals surface area contributed by atoms with Crippen LogP contribution in [0.5, 0.6) is 0 Å². The zero-order valence-electron chi connectivity index (χ0n) is 22.1. The fourth-order valence-corrected chi connectivity index (χ4v) is 5.87. The lowest BCUT2D eigenvalue weighted by molar-refractivity contribution is -0.142. The number of methoxy groups -OCH3 is 1. The third-order valence-electron chi connectivity index (χ3n) is 8.41. The van der Waals surface area contributed by atoms with Crippen molar-refractivity contribution in [2.24, 2.45) is 5.92 Å². The number of amides is 1. The maximum atomic E-state index is 15.3. The molecule has 3 aliphatic rings. The second kappa shape index (κ2) is 9.45. The van der Waals surface area contributed by atoms with Crippen LogP contribution in [0.4, 0.5) is 4.39 Å². The summed E-state index contributed by atoms with van der Waals surface area (Å²) in [4.78, 5) is 32.1. The zero-order chi connectivity index (χ0) is 26.6. The average molecular weight is 521 g/mol. The van der Waals surface area contributed by atoms with E-state index < -0.39 is 5.82 Å². The first-order valence-electron chi connectivity index (χ1n) is 13.5. The number of carbonyl (C=O) groups excluding carboxylic acids is 2. The molecule has 0 bridgehead atoms. The van der Waals surface area contributed by atoms with E-state index in [1.54, 1.807) is 16.6 Å².